The zero-order valence-electron chi connectivity index (χ0n) is 9.93. The number of nitrogens with zero attached hydrogens (tertiary/aromatic N) is 1. The van der Waals surface area contributed by atoms with Crippen LogP contribution < -0.4 is 11.1 Å². The molecule has 4 heteroatoms. The van der Waals surface area contributed by atoms with Gasteiger partial charge in [0.1, 0.15) is 0 Å². The highest BCUT2D eigenvalue weighted by atomic mass is 16.2. The van der Waals surface area contributed by atoms with Gasteiger partial charge in [-0.2, -0.15) is 0 Å². The van der Waals surface area contributed by atoms with Gasteiger partial charge in [-0.1, -0.05) is 30.3 Å². The number of hydrogen-bond donors (Lipinski definition) is 2. The van der Waals surface area contributed by atoms with E-state index < -0.39 is 0 Å². The second-order valence-corrected chi connectivity index (χ2v) is 4.49. The third-order valence-corrected chi connectivity index (χ3v) is 3.03. The summed E-state index contributed by atoms with van der Waals surface area (Å²) in [7, 11) is 0. The van der Waals surface area contributed by atoms with Crippen LogP contribution in [0.3, 0.4) is 0 Å². The summed E-state index contributed by atoms with van der Waals surface area (Å²) in [6.45, 7) is 2.06. The third kappa shape index (κ3) is 3.46. The quantitative estimate of drug-likeness (QED) is 0.809. The van der Waals surface area contributed by atoms with Crippen molar-refractivity contribution in [2.24, 2.45) is 5.73 Å². The van der Waals surface area contributed by atoms with E-state index in [1.807, 2.05) is 30.3 Å². The fraction of sp³-hybridized carbons (Fsp3) is 0.462. The van der Waals surface area contributed by atoms with Crippen molar-refractivity contribution >= 4 is 6.03 Å². The highest BCUT2D eigenvalue weighted by molar-refractivity contribution is 5.74. The van der Waals surface area contributed by atoms with Gasteiger partial charge in [0.2, 0.25) is 0 Å². The summed E-state index contributed by atoms with van der Waals surface area (Å²) >= 11 is 0. The molecule has 0 aliphatic carbocycles. The Morgan fingerprint density at radius 2 is 2.18 bits per heavy atom. The molecule has 92 valence electrons. The van der Waals surface area contributed by atoms with Crippen molar-refractivity contribution in [1.29, 1.82) is 0 Å². The number of rotatable bonds is 2. The van der Waals surface area contributed by atoms with Crippen LogP contribution in [0.15, 0.2) is 30.3 Å². The number of nitrogens with one attached hydrogen (secondary N) is 1. The molecule has 0 spiro atoms. The number of nitrogens with two attached hydrogens (primary N) is 1. The molecule has 0 saturated carbocycles. The van der Waals surface area contributed by atoms with E-state index >= 15 is 0 Å². The number of carbonyl (C=O) groups is 1. The molecule has 1 fully saturated rings. The van der Waals surface area contributed by atoms with Crippen molar-refractivity contribution < 1.29 is 4.79 Å². The zero-order valence-corrected chi connectivity index (χ0v) is 9.93. The van der Waals surface area contributed by atoms with Gasteiger partial charge in [-0.3, -0.25) is 0 Å². The number of amides is 2. The SMILES string of the molecule is N[C@@H]1CCCN(C(=O)NCc2ccccc2)C1. The largest absolute Gasteiger partial charge is 0.334 e. The van der Waals surface area contributed by atoms with Crippen molar-refractivity contribution in [3.63, 3.8) is 0 Å². The summed E-state index contributed by atoms with van der Waals surface area (Å²) in [4.78, 5) is 13.7. The number of benzene rings is 1. The molecular formula is C13H19N3O. The molecule has 1 aliphatic rings. The summed E-state index contributed by atoms with van der Waals surface area (Å²) < 4.78 is 0. The first-order chi connectivity index (χ1) is 8.25. The number of hydrogen-bond acceptors (Lipinski definition) is 2. The molecule has 1 aromatic rings. The van der Waals surface area contributed by atoms with Crippen LogP contribution in [-0.2, 0) is 6.54 Å². The smallest absolute Gasteiger partial charge is 0.317 e. The highest BCUT2D eigenvalue weighted by Crippen LogP contribution is 2.08. The molecule has 0 unspecified atom stereocenters. The maximum absolute atomic E-state index is 11.9. The molecule has 1 saturated heterocycles. The van der Waals surface area contributed by atoms with E-state index in [2.05, 4.69) is 5.32 Å². The minimum absolute atomic E-state index is 0.0102. The monoisotopic (exact) mass is 233 g/mol. The summed E-state index contributed by atoms with van der Waals surface area (Å²) in [5.41, 5.74) is 6.96. The maximum atomic E-state index is 11.9. The van der Waals surface area contributed by atoms with Gasteiger partial charge in [0.15, 0.2) is 0 Å². The van der Waals surface area contributed by atoms with Crippen LogP contribution in [-0.4, -0.2) is 30.1 Å². The van der Waals surface area contributed by atoms with Crippen LogP contribution in [0.25, 0.3) is 0 Å². The molecule has 0 aromatic heterocycles. The van der Waals surface area contributed by atoms with Crippen LogP contribution in [0, 0.1) is 0 Å². The number of carbonyl (C=O) groups excluding carboxylic acids is 1. The van der Waals surface area contributed by atoms with Gasteiger partial charge in [-0.25, -0.2) is 4.79 Å². The lowest BCUT2D eigenvalue weighted by Gasteiger charge is -2.30. The lowest BCUT2D eigenvalue weighted by Crippen LogP contribution is -2.49. The molecule has 17 heavy (non-hydrogen) atoms. The molecule has 0 radical (unpaired) electrons. The first-order valence-electron chi connectivity index (χ1n) is 6.08. The molecule has 2 amide bonds. The fourth-order valence-corrected chi connectivity index (χ4v) is 2.08. The Bertz CT molecular complexity index is 366. The maximum Gasteiger partial charge on any atom is 0.317 e. The predicted octanol–water partition coefficient (Wildman–Crippen LogP) is 1.32. The van der Waals surface area contributed by atoms with Crippen LogP contribution in [0.5, 0.6) is 0 Å². The fourth-order valence-electron chi connectivity index (χ4n) is 2.08. The van der Waals surface area contributed by atoms with Crippen molar-refractivity contribution in [2.75, 3.05) is 13.1 Å². The van der Waals surface area contributed by atoms with Gasteiger partial charge in [0, 0.05) is 25.7 Å². The van der Waals surface area contributed by atoms with Crippen LogP contribution in [0.1, 0.15) is 18.4 Å². The van der Waals surface area contributed by atoms with Crippen LogP contribution >= 0.6 is 0 Å². The lowest BCUT2D eigenvalue weighted by atomic mass is 10.1. The highest BCUT2D eigenvalue weighted by Gasteiger charge is 2.20. The molecule has 1 aromatic carbocycles. The van der Waals surface area contributed by atoms with Crippen molar-refractivity contribution in [3.05, 3.63) is 35.9 Å². The number of likely N-dealkylation sites (tertiary alicyclic amines) is 1. The predicted molar refractivity (Wildman–Crippen MR) is 67.5 cm³/mol. The Balaban J connectivity index is 1.81. The van der Waals surface area contributed by atoms with Crippen LogP contribution in [0.2, 0.25) is 0 Å². The van der Waals surface area contributed by atoms with E-state index in [4.69, 9.17) is 5.73 Å². The van der Waals surface area contributed by atoms with E-state index in [9.17, 15) is 4.79 Å². The average molecular weight is 233 g/mol. The van der Waals surface area contributed by atoms with Gasteiger partial charge >= 0.3 is 6.03 Å². The van der Waals surface area contributed by atoms with Crippen molar-refractivity contribution in [1.82, 2.24) is 10.2 Å². The van der Waals surface area contributed by atoms with Gasteiger partial charge in [0.25, 0.3) is 0 Å². The number of urea groups is 1. The van der Waals surface area contributed by atoms with E-state index in [0.717, 1.165) is 24.9 Å². The molecular weight excluding hydrogens is 214 g/mol. The Morgan fingerprint density at radius 3 is 2.88 bits per heavy atom. The second kappa shape index (κ2) is 5.68. The topological polar surface area (TPSA) is 58.4 Å². The normalized spacial score (nSPS) is 20.1. The summed E-state index contributed by atoms with van der Waals surface area (Å²) in [6.07, 6.45) is 2.02. The molecule has 1 atom stereocenters. The van der Waals surface area contributed by atoms with Crippen LogP contribution in [0.4, 0.5) is 4.79 Å². The molecule has 0 bridgehead atoms. The van der Waals surface area contributed by atoms with Gasteiger partial charge in [-0.15, -0.1) is 0 Å². The van der Waals surface area contributed by atoms with Crippen molar-refractivity contribution in [2.45, 2.75) is 25.4 Å². The molecule has 2 rings (SSSR count). The Hall–Kier alpha value is -1.55. The Kier molecular flexibility index (Phi) is 3.98. The van der Waals surface area contributed by atoms with Gasteiger partial charge in [0.05, 0.1) is 0 Å². The molecule has 1 heterocycles. The average Bonchev–Trinajstić information content (AvgIpc) is 2.37. The minimum Gasteiger partial charge on any atom is -0.334 e. The van der Waals surface area contributed by atoms with Crippen molar-refractivity contribution in [3.8, 4) is 0 Å². The standard InChI is InChI=1S/C13H19N3O/c14-12-7-4-8-16(10-12)13(17)15-9-11-5-2-1-3-6-11/h1-3,5-6,12H,4,7-10,14H2,(H,15,17)/t12-/m1/s1. The van der Waals surface area contributed by atoms with E-state index in [1.165, 1.54) is 0 Å². The summed E-state index contributed by atoms with van der Waals surface area (Å²) in [5, 5.41) is 2.92. The lowest BCUT2D eigenvalue weighted by molar-refractivity contribution is 0.179. The minimum atomic E-state index is -0.0102. The first kappa shape index (κ1) is 11.9. The summed E-state index contributed by atoms with van der Waals surface area (Å²) in [5.74, 6) is 0. The third-order valence-electron chi connectivity index (χ3n) is 3.03. The van der Waals surface area contributed by atoms with E-state index in [1.54, 1.807) is 4.90 Å². The molecule has 3 N–H and O–H groups in total. The number of piperidine rings is 1. The Morgan fingerprint density at radius 1 is 1.41 bits per heavy atom. The van der Waals surface area contributed by atoms with E-state index in [-0.39, 0.29) is 12.1 Å². The van der Waals surface area contributed by atoms with E-state index in [0.29, 0.717) is 13.1 Å². The second-order valence-electron chi connectivity index (χ2n) is 4.49. The van der Waals surface area contributed by atoms with Gasteiger partial charge < -0.3 is 16.0 Å². The molecule has 1 aliphatic heterocycles. The zero-order chi connectivity index (χ0) is 12.1. The first-order valence-corrected chi connectivity index (χ1v) is 6.08. The molecule has 4 nitrogen and oxygen atoms in total. The summed E-state index contributed by atoms with van der Waals surface area (Å²) in [6, 6.07) is 10.0. The van der Waals surface area contributed by atoms with Gasteiger partial charge in [-0.05, 0) is 18.4 Å². The Labute approximate surface area is 102 Å².